The van der Waals surface area contributed by atoms with Crippen LogP contribution in [0.1, 0.15) is 0 Å². The number of aromatic nitrogens is 2. The Labute approximate surface area is 118 Å². The number of halogens is 1. The smallest absolute Gasteiger partial charge is 0.342 e. The molecular formula is C13H9FN2O4S. The Kier molecular flexibility index (Phi) is 2.84. The normalized spacial score (nSPS) is 11.9. The first-order chi connectivity index (χ1) is 9.91. The zero-order valence-electron chi connectivity index (χ0n) is 10.4. The van der Waals surface area contributed by atoms with Gasteiger partial charge in [0.15, 0.2) is 5.82 Å². The topological polar surface area (TPSA) is 92.2 Å². The molecule has 0 atom stereocenters. The molecule has 0 unspecified atom stereocenters. The van der Waals surface area contributed by atoms with Crippen LogP contribution in [0.3, 0.4) is 0 Å². The summed E-state index contributed by atoms with van der Waals surface area (Å²) in [7, 11) is -4.43. The number of nitrogens with one attached hydrogen (secondary N) is 1. The van der Waals surface area contributed by atoms with Crippen LogP contribution in [-0.2, 0) is 10.0 Å². The monoisotopic (exact) mass is 308 g/mol. The van der Waals surface area contributed by atoms with E-state index in [0.29, 0.717) is 11.6 Å². The molecule has 1 heterocycles. The van der Waals surface area contributed by atoms with Crippen molar-refractivity contribution in [3.63, 3.8) is 0 Å². The van der Waals surface area contributed by atoms with Gasteiger partial charge in [-0.1, -0.05) is 30.3 Å². The van der Waals surface area contributed by atoms with Crippen molar-refractivity contribution in [2.75, 3.05) is 0 Å². The van der Waals surface area contributed by atoms with Crippen molar-refractivity contribution in [3.8, 4) is 5.88 Å². The van der Waals surface area contributed by atoms with Gasteiger partial charge in [0.1, 0.15) is 4.90 Å². The molecule has 2 aromatic carbocycles. The van der Waals surface area contributed by atoms with Crippen LogP contribution in [0, 0.1) is 5.82 Å². The summed E-state index contributed by atoms with van der Waals surface area (Å²) in [6, 6.07) is 8.90. The molecule has 0 amide bonds. The second-order valence-corrected chi connectivity index (χ2v) is 6.13. The number of nitrogens with zero attached hydrogens (tertiary/aromatic N) is 1. The van der Waals surface area contributed by atoms with Crippen LogP contribution in [0.15, 0.2) is 52.3 Å². The van der Waals surface area contributed by atoms with Gasteiger partial charge in [0.05, 0.1) is 6.20 Å². The molecule has 6 nitrogen and oxygen atoms in total. The van der Waals surface area contributed by atoms with Crippen molar-refractivity contribution < 1.29 is 17.9 Å². The summed E-state index contributed by atoms with van der Waals surface area (Å²) >= 11 is 0. The molecule has 0 saturated heterocycles. The molecule has 8 heteroatoms. The number of imidazole rings is 1. The Balaban J connectivity index is 2.32. The maximum Gasteiger partial charge on any atom is 0.342 e. The van der Waals surface area contributed by atoms with Crippen LogP contribution in [-0.4, -0.2) is 22.5 Å². The molecule has 3 aromatic rings. The number of rotatable bonds is 2. The molecule has 2 N–H and O–H groups in total. The minimum atomic E-state index is -4.43. The number of fused-ring (bicyclic) bond motifs is 1. The average Bonchev–Trinajstić information content (AvgIpc) is 2.79. The Morgan fingerprint density at radius 1 is 1.14 bits per heavy atom. The third-order valence-corrected chi connectivity index (χ3v) is 4.70. The van der Waals surface area contributed by atoms with Crippen LogP contribution < -0.4 is 5.69 Å². The van der Waals surface area contributed by atoms with Gasteiger partial charge in [0, 0.05) is 5.39 Å². The Hall–Kier alpha value is -2.61. The molecule has 1 aromatic heterocycles. The highest BCUT2D eigenvalue weighted by atomic mass is 32.2. The molecule has 3 rings (SSSR count). The lowest BCUT2D eigenvalue weighted by Crippen LogP contribution is -2.25. The van der Waals surface area contributed by atoms with Crippen LogP contribution in [0.4, 0.5) is 4.39 Å². The molecule has 0 fully saturated rings. The third kappa shape index (κ3) is 2.00. The van der Waals surface area contributed by atoms with E-state index in [9.17, 15) is 17.6 Å². The van der Waals surface area contributed by atoms with Gasteiger partial charge in [0.2, 0.25) is 5.88 Å². The Morgan fingerprint density at radius 2 is 1.86 bits per heavy atom. The van der Waals surface area contributed by atoms with Gasteiger partial charge >= 0.3 is 5.69 Å². The van der Waals surface area contributed by atoms with Crippen molar-refractivity contribution in [2.45, 2.75) is 4.90 Å². The third-order valence-electron chi connectivity index (χ3n) is 3.04. The van der Waals surface area contributed by atoms with E-state index in [4.69, 9.17) is 5.11 Å². The summed E-state index contributed by atoms with van der Waals surface area (Å²) in [6.45, 7) is 0. The molecule has 0 saturated carbocycles. The van der Waals surface area contributed by atoms with E-state index in [-0.39, 0.29) is 9.36 Å². The van der Waals surface area contributed by atoms with Crippen LogP contribution in [0.25, 0.3) is 10.8 Å². The highest BCUT2D eigenvalue weighted by molar-refractivity contribution is 7.90. The van der Waals surface area contributed by atoms with Crippen molar-refractivity contribution in [1.29, 1.82) is 0 Å². The fourth-order valence-electron chi connectivity index (χ4n) is 2.06. The van der Waals surface area contributed by atoms with E-state index >= 15 is 0 Å². The maximum absolute atomic E-state index is 14.4. The van der Waals surface area contributed by atoms with Gasteiger partial charge < -0.3 is 5.11 Å². The number of H-pyrrole nitrogens is 1. The van der Waals surface area contributed by atoms with Gasteiger partial charge in [-0.25, -0.2) is 17.6 Å². The lowest BCUT2D eigenvalue weighted by atomic mass is 10.1. The second kappa shape index (κ2) is 4.45. The van der Waals surface area contributed by atoms with E-state index in [1.165, 1.54) is 12.1 Å². The van der Waals surface area contributed by atoms with Crippen molar-refractivity contribution in [2.24, 2.45) is 0 Å². The highest BCUT2D eigenvalue weighted by Crippen LogP contribution is 2.25. The van der Waals surface area contributed by atoms with Gasteiger partial charge in [0.25, 0.3) is 10.0 Å². The number of hydrogen-bond donors (Lipinski definition) is 2. The quantitative estimate of drug-likeness (QED) is 0.748. The standard InChI is InChI=1S/C13H9FN2O4S/c14-12-9-4-2-1-3-8(9)5-6-10(12)21(19,20)16-7-11(17)15-13(16)18/h1-7,17H,(H,15,18). The van der Waals surface area contributed by atoms with Crippen LogP contribution in [0.5, 0.6) is 5.88 Å². The molecule has 0 radical (unpaired) electrons. The number of hydrogen-bond acceptors (Lipinski definition) is 4. The van der Waals surface area contributed by atoms with Gasteiger partial charge in [-0.3, -0.25) is 4.98 Å². The molecule has 0 aliphatic heterocycles. The fraction of sp³-hybridized carbons (Fsp3) is 0. The van der Waals surface area contributed by atoms with Crippen LogP contribution in [0.2, 0.25) is 0 Å². The molecular weight excluding hydrogens is 299 g/mol. The molecule has 0 aliphatic carbocycles. The summed E-state index contributed by atoms with van der Waals surface area (Å²) < 4.78 is 39.3. The minimum Gasteiger partial charge on any atom is -0.493 e. The van der Waals surface area contributed by atoms with Gasteiger partial charge in [-0.15, -0.1) is 0 Å². The second-order valence-electron chi connectivity index (χ2n) is 4.34. The van der Waals surface area contributed by atoms with E-state index < -0.39 is 32.3 Å². The van der Waals surface area contributed by atoms with E-state index in [1.807, 2.05) is 4.98 Å². The lowest BCUT2D eigenvalue weighted by Gasteiger charge is -2.07. The largest absolute Gasteiger partial charge is 0.493 e. The van der Waals surface area contributed by atoms with E-state index in [0.717, 1.165) is 6.07 Å². The number of benzene rings is 2. The summed E-state index contributed by atoms with van der Waals surface area (Å²) in [5.74, 6) is -1.56. The predicted octanol–water partition coefficient (Wildman–Crippen LogP) is 1.41. The Bertz CT molecular complexity index is 1000. The molecule has 0 bridgehead atoms. The minimum absolute atomic E-state index is 0.131. The van der Waals surface area contributed by atoms with Crippen LogP contribution >= 0.6 is 0 Å². The van der Waals surface area contributed by atoms with Gasteiger partial charge in [-0.2, -0.15) is 3.97 Å². The SMILES string of the molecule is O=c1[nH]c(O)cn1S(=O)(=O)c1ccc2ccccc2c1F. The lowest BCUT2D eigenvalue weighted by molar-refractivity contribution is 0.455. The maximum atomic E-state index is 14.4. The summed E-state index contributed by atoms with van der Waals surface area (Å²) in [4.78, 5) is 12.7. The fourth-order valence-corrected chi connectivity index (χ4v) is 3.35. The molecule has 0 aliphatic rings. The first-order valence-electron chi connectivity index (χ1n) is 5.85. The van der Waals surface area contributed by atoms with Gasteiger partial charge in [-0.05, 0) is 11.5 Å². The molecule has 108 valence electrons. The molecule has 21 heavy (non-hydrogen) atoms. The van der Waals surface area contributed by atoms with Crippen molar-refractivity contribution in [3.05, 3.63) is 58.9 Å². The summed E-state index contributed by atoms with van der Waals surface area (Å²) in [6.07, 6.45) is 0.687. The van der Waals surface area contributed by atoms with E-state index in [1.54, 1.807) is 18.2 Å². The average molecular weight is 308 g/mol. The first-order valence-corrected chi connectivity index (χ1v) is 7.29. The van der Waals surface area contributed by atoms with Crippen molar-refractivity contribution in [1.82, 2.24) is 8.96 Å². The molecule has 0 spiro atoms. The Morgan fingerprint density at radius 3 is 2.52 bits per heavy atom. The number of aromatic amines is 1. The zero-order chi connectivity index (χ0) is 15.2. The first kappa shape index (κ1) is 13.4. The summed E-state index contributed by atoms with van der Waals surface area (Å²) in [5.41, 5.74) is -1.07. The number of aromatic hydroxyl groups is 1. The highest BCUT2D eigenvalue weighted by Gasteiger charge is 2.25. The van der Waals surface area contributed by atoms with Crippen molar-refractivity contribution >= 4 is 20.8 Å². The predicted molar refractivity (Wildman–Crippen MR) is 73.2 cm³/mol. The summed E-state index contributed by atoms with van der Waals surface area (Å²) in [5, 5.41) is 9.82. The van der Waals surface area contributed by atoms with E-state index in [2.05, 4.69) is 0 Å². The zero-order valence-corrected chi connectivity index (χ0v) is 11.3.